The van der Waals surface area contributed by atoms with Crippen molar-refractivity contribution in [2.24, 2.45) is 0 Å². The monoisotopic (exact) mass is 279 g/mol. The molecule has 24 valence electrons. The van der Waals surface area contributed by atoms with Crippen LogP contribution in [0.3, 0.4) is 0 Å². The van der Waals surface area contributed by atoms with Crippen LogP contribution >= 0.6 is 34.0 Å². The molecule has 0 N–H and O–H groups in total. The Labute approximate surface area is 45.0 Å². The molecule has 0 aromatic heterocycles. The van der Waals surface area contributed by atoms with Crippen molar-refractivity contribution >= 4 is 45.4 Å². The van der Waals surface area contributed by atoms with Crippen molar-refractivity contribution in [2.75, 3.05) is 0 Å². The summed E-state index contributed by atoms with van der Waals surface area (Å²) >= 11 is 1.85. The Morgan fingerprint density at radius 2 is 2.00 bits per heavy atom. The zero-order chi connectivity index (χ0) is 3.58. The van der Waals surface area contributed by atoms with Gasteiger partial charge in [-0.2, -0.15) is 0 Å². The molecule has 0 saturated heterocycles. The Bertz CT molecular complexity index is 8.75. The number of halogens is 2. The van der Waals surface area contributed by atoms with Gasteiger partial charge in [0.05, 0.1) is 0 Å². The van der Waals surface area contributed by atoms with Crippen LogP contribution in [0.4, 0.5) is 0 Å². The van der Waals surface area contributed by atoms with Crippen molar-refractivity contribution in [3.05, 3.63) is 0 Å². The van der Waals surface area contributed by atoms with E-state index in [1.54, 1.807) is 0 Å². The SMILES string of the molecule is [B]I([BH3-])I. The average molecular weight is 278 g/mol. The predicted molar refractivity (Wildman–Crippen MR) is 43.7 cm³/mol. The number of hydrogen-bond acceptors (Lipinski definition) is 0. The zero-order valence-corrected chi connectivity index (χ0v) is 5.65. The molecule has 0 atom stereocenters. The summed E-state index contributed by atoms with van der Waals surface area (Å²) in [6.45, 7) is 0. The molecule has 2 radical (unpaired) electrons. The minimum atomic E-state index is -0.543. The van der Waals surface area contributed by atoms with Gasteiger partial charge in [0.15, 0.2) is 0 Å². The van der Waals surface area contributed by atoms with Gasteiger partial charge in [0.1, 0.15) is 0 Å². The molecule has 0 heterocycles. The summed E-state index contributed by atoms with van der Waals surface area (Å²) in [4.78, 5) is 0. The summed E-state index contributed by atoms with van der Waals surface area (Å²) in [7, 11) is 0. The molecule has 0 spiro atoms. The first kappa shape index (κ1) is 5.59. The van der Waals surface area contributed by atoms with Crippen LogP contribution in [-0.4, -0.2) is 11.4 Å². The summed E-state index contributed by atoms with van der Waals surface area (Å²) in [6.07, 6.45) is 0. The first-order valence-corrected chi connectivity index (χ1v) is 7.89. The summed E-state index contributed by atoms with van der Waals surface area (Å²) < 4.78 is 0. The maximum absolute atomic E-state index is 5.37. The van der Waals surface area contributed by atoms with Crippen LogP contribution < -0.4 is 0 Å². The third kappa shape index (κ3) is 9.53. The number of hydrogen-bond donors (Lipinski definition) is 0. The molecular formula is H3B2I2-. The molecule has 4 heteroatoms. The molecule has 4 heavy (non-hydrogen) atoms. The van der Waals surface area contributed by atoms with Crippen LogP contribution in [0.1, 0.15) is 0 Å². The van der Waals surface area contributed by atoms with E-state index in [0.717, 1.165) is 0 Å². The standard InChI is InChI=1S/B2H3I2/c1-4(2)3/h1H3/q-1. The van der Waals surface area contributed by atoms with Crippen molar-refractivity contribution < 1.29 is 0 Å². The average Bonchev–Trinajstić information content (AvgIpc) is 0.811. The van der Waals surface area contributed by atoms with E-state index in [0.29, 0.717) is 5.70 Å². The van der Waals surface area contributed by atoms with Gasteiger partial charge in [0.2, 0.25) is 0 Å². The molecule has 0 saturated carbocycles. The van der Waals surface area contributed by atoms with Gasteiger partial charge < -0.3 is 0 Å². The molecule has 0 aromatic rings. The molecule has 0 unspecified atom stereocenters. The van der Waals surface area contributed by atoms with E-state index in [9.17, 15) is 0 Å². The summed E-state index contributed by atoms with van der Waals surface area (Å²) in [6, 6.07) is 0. The van der Waals surface area contributed by atoms with Crippen molar-refractivity contribution in [1.29, 1.82) is 0 Å². The van der Waals surface area contributed by atoms with Crippen LogP contribution in [0.2, 0.25) is 0 Å². The van der Waals surface area contributed by atoms with E-state index in [1.165, 1.54) is 0 Å². The van der Waals surface area contributed by atoms with Crippen LogP contribution in [0.5, 0.6) is 0 Å². The molecule has 0 aliphatic heterocycles. The van der Waals surface area contributed by atoms with Crippen LogP contribution in [0.15, 0.2) is 0 Å². The van der Waals surface area contributed by atoms with E-state index < -0.39 is 15.4 Å². The van der Waals surface area contributed by atoms with Gasteiger partial charge in [-0.25, -0.2) is 0 Å². The van der Waals surface area contributed by atoms with Gasteiger partial charge in [-0.1, -0.05) is 0 Å². The maximum atomic E-state index is 5.37. The second-order valence-corrected chi connectivity index (χ2v) is 3.71. The Balaban J connectivity index is 2.32. The predicted octanol–water partition coefficient (Wildman–Crippen LogP) is 0.207. The van der Waals surface area contributed by atoms with E-state index in [-0.39, 0.29) is 0 Å². The summed E-state index contributed by atoms with van der Waals surface area (Å²) in [5.74, 6) is 0. The Morgan fingerprint density at radius 1 is 2.00 bits per heavy atom. The van der Waals surface area contributed by atoms with E-state index in [1.807, 2.05) is 0 Å². The zero-order valence-electron chi connectivity index (χ0n) is 1.33. The van der Waals surface area contributed by atoms with Gasteiger partial charge in [0.25, 0.3) is 0 Å². The minimum absolute atomic E-state index is 0.543. The van der Waals surface area contributed by atoms with Crippen LogP contribution in [0, 0.1) is 0 Å². The Hall–Kier alpha value is 1.59. The van der Waals surface area contributed by atoms with E-state index >= 15 is 0 Å². The Kier molecular flexibility index (Phi) is 3.92. The molecule has 0 aromatic carbocycles. The van der Waals surface area contributed by atoms with Gasteiger partial charge in [0, 0.05) is 0 Å². The fourth-order valence-corrected chi connectivity index (χ4v) is 0. The van der Waals surface area contributed by atoms with Crippen molar-refractivity contribution in [3.63, 3.8) is 0 Å². The normalized spacial score (nSPS) is 11.0. The summed E-state index contributed by atoms with van der Waals surface area (Å²) in [5, 5.41) is 0. The molecular weight excluding hydrogens is 275 g/mol. The molecule has 0 rings (SSSR count). The van der Waals surface area contributed by atoms with Gasteiger partial charge in [-0.15, -0.1) is 0 Å². The first-order chi connectivity index (χ1) is 1.73. The quantitative estimate of drug-likeness (QED) is 0.439. The van der Waals surface area contributed by atoms with Crippen LogP contribution in [0.25, 0.3) is 0 Å². The Morgan fingerprint density at radius 3 is 2.00 bits per heavy atom. The van der Waals surface area contributed by atoms with Gasteiger partial charge >= 0.3 is 45.4 Å². The van der Waals surface area contributed by atoms with Gasteiger partial charge in [-0.3, -0.25) is 0 Å². The van der Waals surface area contributed by atoms with Crippen LogP contribution in [-0.2, 0) is 0 Å². The van der Waals surface area contributed by atoms with E-state index in [2.05, 4.69) is 18.6 Å². The van der Waals surface area contributed by atoms with Crippen molar-refractivity contribution in [2.45, 2.75) is 0 Å². The van der Waals surface area contributed by atoms with Crippen molar-refractivity contribution in [3.8, 4) is 0 Å². The second kappa shape index (κ2) is 2.81. The second-order valence-electron chi connectivity index (χ2n) is 0.0825. The third-order valence-electron chi connectivity index (χ3n) is 0. The van der Waals surface area contributed by atoms with Gasteiger partial charge in [-0.05, 0) is 0 Å². The fraction of sp³-hybridized carbons (Fsp3) is 0. The molecule has 0 aliphatic carbocycles. The molecule has 0 nitrogen and oxygen atoms in total. The summed E-state index contributed by atoms with van der Waals surface area (Å²) in [5.41, 5.74) is 5.98. The van der Waals surface area contributed by atoms with E-state index in [4.69, 9.17) is 5.70 Å². The molecule has 0 aliphatic rings. The first-order valence-electron chi connectivity index (χ1n) is 0.361. The molecule has 0 fully saturated rings. The molecule has 0 bridgehead atoms. The fourth-order valence-electron chi connectivity index (χ4n) is 0. The third-order valence-corrected chi connectivity index (χ3v) is 0. The number of rotatable bonds is 0. The molecule has 0 amide bonds. The topological polar surface area (TPSA) is 0 Å². The van der Waals surface area contributed by atoms with Crippen molar-refractivity contribution in [1.82, 2.24) is 0 Å².